The van der Waals surface area contributed by atoms with Gasteiger partial charge in [-0.15, -0.1) is 13.2 Å². The lowest BCUT2D eigenvalue weighted by Crippen LogP contribution is -2.52. The Balaban J connectivity index is 1.54. The van der Waals surface area contributed by atoms with Gasteiger partial charge in [-0.05, 0) is 36.4 Å². The lowest BCUT2D eigenvalue weighted by Gasteiger charge is -2.33. The van der Waals surface area contributed by atoms with Crippen LogP contribution in [0, 0.1) is 0 Å². The number of aromatic nitrogens is 1. The molecule has 2 heterocycles. The second kappa shape index (κ2) is 9.47. The predicted octanol–water partition coefficient (Wildman–Crippen LogP) is 3.07. The van der Waals surface area contributed by atoms with E-state index in [9.17, 15) is 13.2 Å². The molecular weight excluding hydrogens is 461 g/mol. The molecule has 1 aromatic heterocycles. The molecular formula is C22H24ClF3N4O3. The Bertz CT molecular complexity index is 1070. The third-order valence-corrected chi connectivity index (χ3v) is 5.94. The normalized spacial score (nSPS) is 24.1. The van der Waals surface area contributed by atoms with E-state index >= 15 is 0 Å². The van der Waals surface area contributed by atoms with Crippen LogP contribution < -0.4 is 16.2 Å². The number of hydrogen-bond acceptors (Lipinski definition) is 7. The van der Waals surface area contributed by atoms with Crippen molar-refractivity contribution in [3.8, 4) is 5.75 Å². The molecule has 1 aliphatic heterocycles. The van der Waals surface area contributed by atoms with Crippen molar-refractivity contribution in [3.63, 3.8) is 0 Å². The monoisotopic (exact) mass is 484 g/mol. The highest BCUT2D eigenvalue weighted by Crippen LogP contribution is 2.35. The summed E-state index contributed by atoms with van der Waals surface area (Å²) in [6, 6.07) is 5.89. The fraction of sp³-hybridized carbons (Fsp3) is 0.409. The first-order valence-electron chi connectivity index (χ1n) is 10.4. The van der Waals surface area contributed by atoms with Crippen molar-refractivity contribution in [2.45, 2.75) is 17.9 Å². The summed E-state index contributed by atoms with van der Waals surface area (Å²) in [7, 11) is 0. The zero-order chi connectivity index (χ0) is 23.6. The first-order chi connectivity index (χ1) is 15.7. The molecule has 33 heavy (non-hydrogen) atoms. The van der Waals surface area contributed by atoms with E-state index in [0.29, 0.717) is 47.2 Å². The van der Waals surface area contributed by atoms with Gasteiger partial charge in [-0.1, -0.05) is 17.7 Å². The number of alkyl halides is 3. The lowest BCUT2D eigenvalue weighted by atomic mass is 9.83. The second-order valence-corrected chi connectivity index (χ2v) is 8.26. The van der Waals surface area contributed by atoms with Crippen molar-refractivity contribution < 1.29 is 27.4 Å². The van der Waals surface area contributed by atoms with Crippen LogP contribution in [0.5, 0.6) is 5.75 Å². The Kier molecular flexibility index (Phi) is 6.83. The molecule has 1 aliphatic carbocycles. The van der Waals surface area contributed by atoms with Crippen LogP contribution in [0.15, 0.2) is 48.3 Å². The first kappa shape index (κ1) is 23.8. The third kappa shape index (κ3) is 5.42. The van der Waals surface area contributed by atoms with Crippen LogP contribution in [0.1, 0.15) is 5.69 Å². The van der Waals surface area contributed by atoms with Gasteiger partial charge in [0.15, 0.2) is 0 Å². The van der Waals surface area contributed by atoms with Crippen LogP contribution in [0.2, 0.25) is 5.02 Å². The summed E-state index contributed by atoms with van der Waals surface area (Å²) in [4.78, 5) is 6.85. The average molecular weight is 485 g/mol. The molecule has 0 amide bonds. The molecule has 178 valence electrons. The molecule has 2 atom stereocenters. The summed E-state index contributed by atoms with van der Waals surface area (Å²) >= 11 is 6.39. The van der Waals surface area contributed by atoms with Crippen molar-refractivity contribution in [2.75, 3.05) is 39.5 Å². The maximum absolute atomic E-state index is 12.5. The molecule has 1 saturated heterocycles. The summed E-state index contributed by atoms with van der Waals surface area (Å²) in [5.74, 6) is 0.197. The molecule has 2 aliphatic rings. The van der Waals surface area contributed by atoms with Gasteiger partial charge >= 0.3 is 6.36 Å². The Labute approximate surface area is 193 Å². The van der Waals surface area contributed by atoms with Gasteiger partial charge in [-0.3, -0.25) is 4.90 Å². The number of nitrogens with zero attached hydrogens (tertiary/aromatic N) is 2. The quantitative estimate of drug-likeness (QED) is 0.650. The topological polar surface area (TPSA) is 95.9 Å². The number of fused-ring (bicyclic) bond motifs is 1. The molecule has 2 unspecified atom stereocenters. The molecule has 0 bridgehead atoms. The lowest BCUT2D eigenvalue weighted by molar-refractivity contribution is -0.303. The van der Waals surface area contributed by atoms with Crippen LogP contribution in [0.4, 0.5) is 13.2 Å². The highest BCUT2D eigenvalue weighted by Gasteiger charge is 2.38. The van der Waals surface area contributed by atoms with E-state index in [4.69, 9.17) is 32.5 Å². The minimum atomic E-state index is -4.82. The molecule has 1 fully saturated rings. The van der Waals surface area contributed by atoms with E-state index in [2.05, 4.69) is 14.6 Å². The van der Waals surface area contributed by atoms with E-state index in [1.54, 1.807) is 24.3 Å². The van der Waals surface area contributed by atoms with Crippen molar-refractivity contribution >= 4 is 22.5 Å². The number of pyridine rings is 1. The zero-order valence-electron chi connectivity index (χ0n) is 17.6. The molecule has 0 spiro atoms. The van der Waals surface area contributed by atoms with Crippen LogP contribution >= 0.6 is 11.6 Å². The standard InChI is InChI=1S/C22H24ClF3N4O3/c23-16-2-3-17(32-12-9-30-7-10-31-11-8-30)15-1-4-19(29-20(15)16)21(28)6-5-14(13-18(21)27)33-22(24,25)26/h1-6,13,18H,7-12,27-28H2. The first-order valence-corrected chi connectivity index (χ1v) is 10.8. The van der Waals surface area contributed by atoms with E-state index in [1.807, 2.05) is 0 Å². The average Bonchev–Trinajstić information content (AvgIpc) is 2.77. The number of halogens is 4. The van der Waals surface area contributed by atoms with Crippen molar-refractivity contribution in [2.24, 2.45) is 11.5 Å². The number of rotatable bonds is 6. The highest BCUT2D eigenvalue weighted by atomic mass is 35.5. The van der Waals surface area contributed by atoms with Gasteiger partial charge in [0.25, 0.3) is 0 Å². The Hall–Kier alpha value is -2.37. The molecule has 4 N–H and O–H groups in total. The third-order valence-electron chi connectivity index (χ3n) is 5.63. The van der Waals surface area contributed by atoms with E-state index in [0.717, 1.165) is 31.8 Å². The van der Waals surface area contributed by atoms with Crippen molar-refractivity contribution in [3.05, 3.63) is 59.0 Å². The van der Waals surface area contributed by atoms with Crippen molar-refractivity contribution in [1.82, 2.24) is 9.88 Å². The number of allylic oxidation sites excluding steroid dienone is 1. The molecule has 0 radical (unpaired) electrons. The van der Waals surface area contributed by atoms with E-state index < -0.39 is 23.7 Å². The zero-order valence-corrected chi connectivity index (χ0v) is 18.4. The molecule has 4 rings (SSSR count). The van der Waals surface area contributed by atoms with E-state index in [1.165, 1.54) is 6.08 Å². The molecule has 2 aromatic rings. The fourth-order valence-corrected chi connectivity index (χ4v) is 4.00. The summed E-state index contributed by atoms with van der Waals surface area (Å²) in [5, 5.41) is 1.09. The number of hydrogen-bond donors (Lipinski definition) is 2. The largest absolute Gasteiger partial charge is 0.573 e. The maximum atomic E-state index is 12.5. The highest BCUT2D eigenvalue weighted by molar-refractivity contribution is 6.35. The van der Waals surface area contributed by atoms with Gasteiger partial charge < -0.3 is 25.7 Å². The SMILES string of the molecule is NC1C=C(OC(F)(F)F)C=CC1(N)c1ccc2c(OCCN3CCOCC3)ccc(Cl)c2n1. The number of morpholine rings is 1. The summed E-state index contributed by atoms with van der Waals surface area (Å²) in [6.07, 6.45) is -1.22. The number of benzene rings is 1. The van der Waals surface area contributed by atoms with Gasteiger partial charge in [-0.2, -0.15) is 0 Å². The molecule has 0 saturated carbocycles. The van der Waals surface area contributed by atoms with Gasteiger partial charge in [0, 0.05) is 25.0 Å². The Morgan fingerprint density at radius 1 is 1.21 bits per heavy atom. The van der Waals surface area contributed by atoms with E-state index in [-0.39, 0.29) is 0 Å². The second-order valence-electron chi connectivity index (χ2n) is 7.85. The maximum Gasteiger partial charge on any atom is 0.573 e. The molecule has 11 heteroatoms. The summed E-state index contributed by atoms with van der Waals surface area (Å²) in [6.45, 7) is 4.41. The van der Waals surface area contributed by atoms with Crippen LogP contribution in [-0.2, 0) is 15.0 Å². The smallest absolute Gasteiger partial charge is 0.492 e. The number of nitrogens with two attached hydrogens (primary N) is 2. The molecule has 1 aromatic carbocycles. The van der Waals surface area contributed by atoms with Gasteiger partial charge in [-0.25, -0.2) is 4.98 Å². The number of ether oxygens (including phenoxy) is 3. The van der Waals surface area contributed by atoms with Crippen LogP contribution in [0.3, 0.4) is 0 Å². The minimum Gasteiger partial charge on any atom is -0.492 e. The minimum absolute atomic E-state index is 0.355. The Morgan fingerprint density at radius 2 is 1.97 bits per heavy atom. The van der Waals surface area contributed by atoms with Gasteiger partial charge in [0.1, 0.15) is 18.1 Å². The Morgan fingerprint density at radius 3 is 2.67 bits per heavy atom. The van der Waals surface area contributed by atoms with Gasteiger partial charge in [0.05, 0.1) is 41.0 Å². The predicted molar refractivity (Wildman–Crippen MR) is 118 cm³/mol. The van der Waals surface area contributed by atoms with Crippen LogP contribution in [-0.4, -0.2) is 61.7 Å². The fourth-order valence-electron chi connectivity index (χ4n) is 3.79. The molecule has 7 nitrogen and oxygen atoms in total. The van der Waals surface area contributed by atoms with Crippen LogP contribution in [0.25, 0.3) is 10.9 Å². The summed E-state index contributed by atoms with van der Waals surface area (Å²) in [5.41, 5.74) is 12.0. The van der Waals surface area contributed by atoms with Gasteiger partial charge in [0.2, 0.25) is 0 Å². The van der Waals surface area contributed by atoms with Crippen molar-refractivity contribution in [1.29, 1.82) is 0 Å². The summed E-state index contributed by atoms with van der Waals surface area (Å²) < 4.78 is 52.8.